The van der Waals surface area contributed by atoms with E-state index < -0.39 is 0 Å². The Morgan fingerprint density at radius 2 is 1.72 bits per heavy atom. The van der Waals surface area contributed by atoms with Crippen LogP contribution in [0.4, 0.5) is 4.39 Å². The van der Waals surface area contributed by atoms with Gasteiger partial charge in [0.15, 0.2) is 10.8 Å². The van der Waals surface area contributed by atoms with E-state index in [1.54, 1.807) is 24.0 Å². The number of aromatic nitrogens is 3. The van der Waals surface area contributed by atoms with Crippen LogP contribution in [0, 0.1) is 12.7 Å². The highest BCUT2D eigenvalue weighted by Crippen LogP contribution is 2.27. The minimum atomic E-state index is -0.262. The maximum atomic E-state index is 13.7. The van der Waals surface area contributed by atoms with Crippen molar-refractivity contribution in [1.29, 1.82) is 0 Å². The lowest BCUT2D eigenvalue weighted by Crippen LogP contribution is -2.22. The highest BCUT2D eigenvalue weighted by atomic mass is 32.2. The minimum absolute atomic E-state index is 0.0993. The first kappa shape index (κ1) is 23.8. The Hall–Kier alpha value is -3.97. The van der Waals surface area contributed by atoms with Crippen LogP contribution < -0.4 is 5.32 Å². The van der Waals surface area contributed by atoms with Gasteiger partial charge in [-0.15, -0.1) is 0 Å². The number of carbonyl (C=O) groups is 1. The van der Waals surface area contributed by atoms with Crippen molar-refractivity contribution >= 4 is 28.8 Å². The van der Waals surface area contributed by atoms with Crippen LogP contribution in [-0.2, 0) is 18.8 Å². The fraction of sp³-hybridized carbons (Fsp3) is 0.138. The van der Waals surface area contributed by atoms with E-state index in [0.717, 1.165) is 33.0 Å². The van der Waals surface area contributed by atoms with E-state index >= 15 is 0 Å². The molecular formula is C29H25FN4OS. The first-order valence-corrected chi connectivity index (χ1v) is 12.6. The molecule has 1 amide bonds. The van der Waals surface area contributed by atoms with Crippen LogP contribution in [0.25, 0.3) is 11.2 Å². The number of nitrogens with zero attached hydrogens (tertiary/aromatic N) is 3. The van der Waals surface area contributed by atoms with Crippen molar-refractivity contribution in [1.82, 2.24) is 19.9 Å². The third-order valence-electron chi connectivity index (χ3n) is 5.86. The minimum Gasteiger partial charge on any atom is -0.348 e. The topological polar surface area (TPSA) is 59.8 Å². The van der Waals surface area contributed by atoms with E-state index in [2.05, 4.69) is 10.3 Å². The number of fused-ring (bicyclic) bond motifs is 1. The highest BCUT2D eigenvalue weighted by Gasteiger charge is 2.14. The molecule has 0 fully saturated rings. The number of imidazole rings is 1. The molecule has 5 rings (SSSR count). The summed E-state index contributed by atoms with van der Waals surface area (Å²) in [6, 6.07) is 26.1. The molecule has 0 aliphatic rings. The SMILES string of the molecule is Cc1ccc(CNC(=O)c2ccc(CSc3nc4cccnc4n3Cc3cccc(F)c3)cc2)cc1. The van der Waals surface area contributed by atoms with E-state index in [1.807, 2.05) is 78.2 Å². The van der Waals surface area contributed by atoms with Crippen LogP contribution >= 0.6 is 11.8 Å². The van der Waals surface area contributed by atoms with Crippen LogP contribution in [0.5, 0.6) is 0 Å². The van der Waals surface area contributed by atoms with Crippen molar-refractivity contribution in [2.24, 2.45) is 0 Å². The molecule has 0 saturated heterocycles. The molecule has 0 bridgehead atoms. The van der Waals surface area contributed by atoms with Crippen LogP contribution in [0.3, 0.4) is 0 Å². The second-order valence-corrected chi connectivity index (χ2v) is 9.55. The lowest BCUT2D eigenvalue weighted by molar-refractivity contribution is 0.0951. The molecule has 2 heterocycles. The van der Waals surface area contributed by atoms with E-state index in [0.29, 0.717) is 24.4 Å². The maximum absolute atomic E-state index is 13.7. The quantitative estimate of drug-likeness (QED) is 0.262. The van der Waals surface area contributed by atoms with Gasteiger partial charge in [0, 0.05) is 24.1 Å². The molecule has 5 nitrogen and oxygen atoms in total. The van der Waals surface area contributed by atoms with Crippen molar-refractivity contribution in [2.45, 2.75) is 30.9 Å². The molecule has 180 valence electrons. The van der Waals surface area contributed by atoms with E-state index in [9.17, 15) is 9.18 Å². The molecule has 0 aliphatic carbocycles. The Labute approximate surface area is 213 Å². The first-order chi connectivity index (χ1) is 17.5. The van der Waals surface area contributed by atoms with Crippen LogP contribution in [0.15, 0.2) is 96.3 Å². The molecule has 0 radical (unpaired) electrons. The lowest BCUT2D eigenvalue weighted by Gasteiger charge is -2.09. The second-order valence-electron chi connectivity index (χ2n) is 8.61. The molecule has 5 aromatic rings. The van der Waals surface area contributed by atoms with Gasteiger partial charge in [0.1, 0.15) is 11.3 Å². The maximum Gasteiger partial charge on any atom is 0.251 e. The average Bonchev–Trinajstić information content (AvgIpc) is 3.24. The molecular weight excluding hydrogens is 471 g/mol. The standard InChI is InChI=1S/C29H25FN4OS/c1-20-7-9-21(10-8-20)17-32-28(35)24-13-11-22(12-14-24)19-36-29-33-26-6-3-15-31-27(26)34(29)18-23-4-2-5-25(30)16-23/h2-16H,17-19H2,1H3,(H,32,35). The Bertz CT molecular complexity index is 1500. The smallest absolute Gasteiger partial charge is 0.251 e. The fourth-order valence-electron chi connectivity index (χ4n) is 3.90. The number of halogens is 1. The van der Waals surface area contributed by atoms with Crippen molar-refractivity contribution in [3.05, 3.63) is 125 Å². The molecule has 7 heteroatoms. The van der Waals surface area contributed by atoms with Crippen molar-refractivity contribution in [3.8, 4) is 0 Å². The second kappa shape index (κ2) is 10.7. The molecule has 2 aromatic heterocycles. The average molecular weight is 497 g/mol. The zero-order valence-electron chi connectivity index (χ0n) is 19.8. The summed E-state index contributed by atoms with van der Waals surface area (Å²) in [5.74, 6) is 0.317. The number of hydrogen-bond acceptors (Lipinski definition) is 4. The molecule has 1 N–H and O–H groups in total. The summed E-state index contributed by atoms with van der Waals surface area (Å²) in [6.07, 6.45) is 1.74. The van der Waals surface area contributed by atoms with Gasteiger partial charge in [-0.25, -0.2) is 14.4 Å². The van der Waals surface area contributed by atoms with Crippen molar-refractivity contribution in [3.63, 3.8) is 0 Å². The van der Waals surface area contributed by atoms with Gasteiger partial charge in [-0.05, 0) is 60.0 Å². The molecule has 0 aliphatic heterocycles. The molecule has 0 saturated carbocycles. The Morgan fingerprint density at radius 3 is 2.50 bits per heavy atom. The van der Waals surface area contributed by atoms with Crippen molar-refractivity contribution in [2.75, 3.05) is 0 Å². The number of amides is 1. The number of benzene rings is 3. The number of hydrogen-bond donors (Lipinski definition) is 1. The number of thioether (sulfide) groups is 1. The summed E-state index contributed by atoms with van der Waals surface area (Å²) in [6.45, 7) is 3.01. The zero-order chi connectivity index (χ0) is 24.9. The Kier molecular flexibility index (Phi) is 7.09. The number of nitrogens with one attached hydrogen (secondary N) is 1. The summed E-state index contributed by atoms with van der Waals surface area (Å²) in [4.78, 5) is 21.8. The molecule has 3 aromatic carbocycles. The number of pyridine rings is 1. The van der Waals surface area contributed by atoms with E-state index in [1.165, 1.54) is 17.7 Å². The largest absolute Gasteiger partial charge is 0.348 e. The van der Waals surface area contributed by atoms with Gasteiger partial charge < -0.3 is 5.32 Å². The van der Waals surface area contributed by atoms with E-state index in [4.69, 9.17) is 4.98 Å². The van der Waals surface area contributed by atoms with Gasteiger partial charge >= 0.3 is 0 Å². The fourth-order valence-corrected chi connectivity index (χ4v) is 4.86. The van der Waals surface area contributed by atoms with Gasteiger partial charge in [-0.2, -0.15) is 0 Å². The molecule has 0 spiro atoms. The highest BCUT2D eigenvalue weighted by molar-refractivity contribution is 7.98. The van der Waals surface area contributed by atoms with Gasteiger partial charge in [-0.3, -0.25) is 9.36 Å². The molecule has 36 heavy (non-hydrogen) atoms. The summed E-state index contributed by atoms with van der Waals surface area (Å²) >= 11 is 1.59. The van der Waals surface area contributed by atoms with Crippen LogP contribution in [-0.4, -0.2) is 20.4 Å². The van der Waals surface area contributed by atoms with Gasteiger partial charge in [0.05, 0.1) is 6.54 Å². The van der Waals surface area contributed by atoms with Gasteiger partial charge in [0.25, 0.3) is 5.91 Å². The predicted octanol–water partition coefficient (Wildman–Crippen LogP) is 6.15. The van der Waals surface area contributed by atoms with Crippen LogP contribution in [0.2, 0.25) is 0 Å². The summed E-state index contributed by atoms with van der Waals surface area (Å²) in [7, 11) is 0. The van der Waals surface area contributed by atoms with Gasteiger partial charge in [-0.1, -0.05) is 65.9 Å². The Balaban J connectivity index is 1.26. The van der Waals surface area contributed by atoms with Gasteiger partial charge in [0.2, 0.25) is 0 Å². The third kappa shape index (κ3) is 5.63. The first-order valence-electron chi connectivity index (χ1n) is 11.7. The van der Waals surface area contributed by atoms with Crippen molar-refractivity contribution < 1.29 is 9.18 Å². The Morgan fingerprint density at radius 1 is 0.944 bits per heavy atom. The summed E-state index contributed by atoms with van der Waals surface area (Å²) in [5, 5.41) is 3.78. The lowest BCUT2D eigenvalue weighted by atomic mass is 10.1. The summed E-state index contributed by atoms with van der Waals surface area (Å²) < 4.78 is 15.8. The molecule has 0 atom stereocenters. The van der Waals surface area contributed by atoms with Crippen LogP contribution in [0.1, 0.15) is 32.6 Å². The number of aryl methyl sites for hydroxylation is 1. The third-order valence-corrected chi connectivity index (χ3v) is 6.90. The number of rotatable bonds is 8. The normalized spacial score (nSPS) is 11.1. The summed E-state index contributed by atoms with van der Waals surface area (Å²) in [5.41, 5.74) is 6.38. The van der Waals surface area contributed by atoms with E-state index in [-0.39, 0.29) is 11.7 Å². The molecule has 0 unspecified atom stereocenters. The zero-order valence-corrected chi connectivity index (χ0v) is 20.6. The monoisotopic (exact) mass is 496 g/mol. The number of carbonyl (C=O) groups excluding carboxylic acids is 1. The predicted molar refractivity (Wildman–Crippen MR) is 141 cm³/mol.